The minimum absolute atomic E-state index is 1.25. The van der Waals surface area contributed by atoms with Gasteiger partial charge in [0.05, 0.1) is 0 Å². The molecule has 0 unspecified atom stereocenters. The largest absolute Gasteiger partial charge is 0.0616 e. The van der Waals surface area contributed by atoms with Crippen LogP contribution in [0.25, 0.3) is 153 Å². The molecule has 0 aromatic heterocycles. The third kappa shape index (κ3) is 8.96. The topological polar surface area (TPSA) is 0 Å². The quantitative estimate of drug-likeness (QED) is 0.156. The summed E-state index contributed by atoms with van der Waals surface area (Å²) < 4.78 is 0. The van der Waals surface area contributed by atoms with Crippen molar-refractivity contribution >= 4 is 86.2 Å². The van der Waals surface area contributed by atoms with Crippen LogP contribution >= 0.6 is 0 Å². The van der Waals surface area contributed by atoms with E-state index < -0.39 is 0 Å². The van der Waals surface area contributed by atoms with Crippen molar-refractivity contribution in [2.75, 3.05) is 0 Å². The van der Waals surface area contributed by atoms with E-state index in [1.807, 2.05) is 0 Å². The van der Waals surface area contributed by atoms with Gasteiger partial charge in [0, 0.05) is 0 Å². The van der Waals surface area contributed by atoms with Crippen molar-refractivity contribution in [1.82, 2.24) is 0 Å². The predicted molar refractivity (Wildman–Crippen MR) is 364 cm³/mol. The van der Waals surface area contributed by atoms with E-state index in [0.29, 0.717) is 0 Å². The first-order valence-corrected chi connectivity index (χ1v) is 29.4. The lowest BCUT2D eigenvalue weighted by atomic mass is 9.87. The third-order valence-corrected chi connectivity index (χ3v) is 17.6. The first-order valence-electron chi connectivity index (χ1n) is 29.4. The van der Waals surface area contributed by atoms with Crippen molar-refractivity contribution in [3.63, 3.8) is 0 Å². The SMILES string of the molecule is Cc1ccc2cc(-c3ccc(-c4cccc5c(-c6ccc(C)c7ccccc67)cccc45)c4ccccc34)ccc2c1.Cc1ccc2cc(-c3cccc4c(-c5ccc(-c6ccc7cc(C)ccc7c6)c6ccccc56)cccc34)ccc2c1. The predicted octanol–water partition coefficient (Wildman–Crippen LogP) is 23.8. The molecule has 16 aromatic carbocycles. The molecule has 0 atom stereocenters. The van der Waals surface area contributed by atoms with Gasteiger partial charge in [0.2, 0.25) is 0 Å². The molecule has 396 valence electrons. The van der Waals surface area contributed by atoms with E-state index >= 15 is 0 Å². The van der Waals surface area contributed by atoms with Crippen molar-refractivity contribution in [3.8, 4) is 66.8 Å². The molecule has 0 nitrogen and oxygen atoms in total. The van der Waals surface area contributed by atoms with Gasteiger partial charge in [0.1, 0.15) is 0 Å². The van der Waals surface area contributed by atoms with E-state index in [9.17, 15) is 0 Å². The number of hydrogen-bond donors (Lipinski definition) is 0. The molecule has 0 amide bonds. The Labute approximate surface area is 491 Å². The van der Waals surface area contributed by atoms with E-state index in [2.05, 4.69) is 319 Å². The van der Waals surface area contributed by atoms with Crippen LogP contribution in [0.2, 0.25) is 0 Å². The van der Waals surface area contributed by atoms with Crippen LogP contribution in [0.15, 0.2) is 291 Å². The first-order chi connectivity index (χ1) is 41.3. The van der Waals surface area contributed by atoms with Crippen molar-refractivity contribution in [2.24, 2.45) is 0 Å². The molecular weight excluding hydrogens is 1010 g/mol. The Kier molecular flexibility index (Phi) is 12.5. The lowest BCUT2D eigenvalue weighted by Gasteiger charge is -2.16. The summed E-state index contributed by atoms with van der Waals surface area (Å²) in [6.45, 7) is 8.65. The molecule has 0 N–H and O–H groups in total. The van der Waals surface area contributed by atoms with Crippen LogP contribution < -0.4 is 0 Å². The highest BCUT2D eigenvalue weighted by molar-refractivity contribution is 6.15. The Hall–Kier alpha value is -10.4. The Morgan fingerprint density at radius 2 is 0.381 bits per heavy atom. The molecule has 0 spiro atoms. The van der Waals surface area contributed by atoms with Crippen LogP contribution in [0.1, 0.15) is 22.3 Å². The summed E-state index contributed by atoms with van der Waals surface area (Å²) in [4.78, 5) is 0. The Morgan fingerprint density at radius 1 is 0.155 bits per heavy atom. The van der Waals surface area contributed by atoms with Crippen LogP contribution in [0.4, 0.5) is 0 Å². The van der Waals surface area contributed by atoms with Crippen LogP contribution in [0, 0.1) is 27.7 Å². The summed E-state index contributed by atoms with van der Waals surface area (Å²) in [5.74, 6) is 0. The lowest BCUT2D eigenvalue weighted by Crippen LogP contribution is -1.90. The summed E-state index contributed by atoms with van der Waals surface area (Å²) in [6.07, 6.45) is 0. The minimum atomic E-state index is 1.25. The molecule has 0 heterocycles. The number of benzene rings is 16. The Morgan fingerprint density at radius 3 is 0.738 bits per heavy atom. The minimum Gasteiger partial charge on any atom is -0.0616 e. The van der Waals surface area contributed by atoms with Gasteiger partial charge in [-0.3, -0.25) is 0 Å². The van der Waals surface area contributed by atoms with Crippen LogP contribution in [-0.2, 0) is 0 Å². The molecule has 16 rings (SSSR count). The summed E-state index contributed by atoms with van der Waals surface area (Å²) in [7, 11) is 0. The molecule has 0 radical (unpaired) electrons. The highest BCUT2D eigenvalue weighted by atomic mass is 14.2. The Bertz CT molecular complexity index is 5180. The smallest absolute Gasteiger partial charge is 0.00987 e. The van der Waals surface area contributed by atoms with Crippen molar-refractivity contribution in [2.45, 2.75) is 27.7 Å². The molecule has 0 aliphatic carbocycles. The molecule has 0 aliphatic heterocycles. The molecule has 0 saturated heterocycles. The maximum Gasteiger partial charge on any atom is -0.00987 e. The molecule has 16 aromatic rings. The summed E-state index contributed by atoms with van der Waals surface area (Å²) in [6, 6.07) is 108. The fraction of sp³-hybridized carbons (Fsp3) is 0.0476. The normalized spacial score (nSPS) is 11.6. The third-order valence-electron chi connectivity index (χ3n) is 17.6. The van der Waals surface area contributed by atoms with Gasteiger partial charge < -0.3 is 0 Å². The van der Waals surface area contributed by atoms with Crippen molar-refractivity contribution in [3.05, 3.63) is 313 Å². The van der Waals surface area contributed by atoms with Gasteiger partial charge in [0.25, 0.3) is 0 Å². The van der Waals surface area contributed by atoms with E-state index in [0.717, 1.165) is 0 Å². The van der Waals surface area contributed by atoms with Gasteiger partial charge in [-0.25, -0.2) is 0 Å². The zero-order chi connectivity index (χ0) is 56.4. The van der Waals surface area contributed by atoms with E-state index in [1.54, 1.807) is 0 Å². The number of hydrogen-bond acceptors (Lipinski definition) is 0. The summed E-state index contributed by atoms with van der Waals surface area (Å²) in [5.41, 5.74) is 20.4. The van der Waals surface area contributed by atoms with Gasteiger partial charge in [-0.05, 0) is 204 Å². The Balaban J connectivity index is 0.000000143. The van der Waals surface area contributed by atoms with Crippen LogP contribution in [0.3, 0.4) is 0 Å². The molecule has 0 heteroatoms. The van der Waals surface area contributed by atoms with Gasteiger partial charge >= 0.3 is 0 Å². The van der Waals surface area contributed by atoms with Gasteiger partial charge in [-0.15, -0.1) is 0 Å². The van der Waals surface area contributed by atoms with Crippen LogP contribution in [0.5, 0.6) is 0 Å². The number of aryl methyl sites for hydroxylation is 4. The molecule has 0 fully saturated rings. The average molecular weight is 1070 g/mol. The monoisotopic (exact) mass is 1070 g/mol. The van der Waals surface area contributed by atoms with Crippen LogP contribution in [-0.4, -0.2) is 0 Å². The average Bonchev–Trinajstić information content (AvgIpc) is 2.50. The molecular formula is C84H60. The van der Waals surface area contributed by atoms with E-state index in [4.69, 9.17) is 0 Å². The van der Waals surface area contributed by atoms with Gasteiger partial charge in [0.15, 0.2) is 0 Å². The lowest BCUT2D eigenvalue weighted by molar-refractivity contribution is 1.50. The fourth-order valence-electron chi connectivity index (χ4n) is 13.4. The zero-order valence-electron chi connectivity index (χ0n) is 47.7. The van der Waals surface area contributed by atoms with Gasteiger partial charge in [-0.2, -0.15) is 0 Å². The second-order valence-electron chi connectivity index (χ2n) is 23.0. The molecule has 84 heavy (non-hydrogen) atoms. The second-order valence-corrected chi connectivity index (χ2v) is 23.0. The number of rotatable bonds is 6. The first kappa shape index (κ1) is 50.6. The molecule has 0 saturated carbocycles. The van der Waals surface area contributed by atoms with Crippen molar-refractivity contribution in [1.29, 1.82) is 0 Å². The fourth-order valence-corrected chi connectivity index (χ4v) is 13.4. The number of fused-ring (bicyclic) bond motifs is 8. The van der Waals surface area contributed by atoms with E-state index in [1.165, 1.54) is 175 Å². The molecule has 0 aliphatic rings. The summed E-state index contributed by atoms with van der Waals surface area (Å²) in [5, 5.41) is 20.5. The molecule has 0 bridgehead atoms. The van der Waals surface area contributed by atoms with E-state index in [-0.39, 0.29) is 0 Å². The van der Waals surface area contributed by atoms with Crippen molar-refractivity contribution < 1.29 is 0 Å². The highest BCUT2D eigenvalue weighted by Gasteiger charge is 2.17. The second kappa shape index (κ2) is 20.9. The van der Waals surface area contributed by atoms with Gasteiger partial charge in [-0.1, -0.05) is 290 Å². The summed E-state index contributed by atoms with van der Waals surface area (Å²) >= 11 is 0. The zero-order valence-corrected chi connectivity index (χ0v) is 47.7. The highest BCUT2D eigenvalue weighted by Crippen LogP contribution is 2.44. The maximum absolute atomic E-state index is 2.33. The maximum atomic E-state index is 2.33. The standard InChI is InChI=1S/2C42H30/c1-27-13-15-31-25-33(19-17-29(31)23-27)35-9-5-11-40-38(35)10-6-12-41(40)42-22-21-36(37-7-3-4-8-39(37)42)34-20-18-30-24-28(2)14-16-32(30)26-34;1-27-17-19-30-26-31(21-20-29(30)25-27)33-23-24-42(36-12-6-5-11-35(33)36)40-16-8-13-37-38(40)14-7-15-39(37)41-22-18-28(2)32-9-3-4-10-34(32)41/h2*3-26H,1-2H3.